The number of rotatable bonds is 3. The number of carbonyl (C=O) groups is 1. The van der Waals surface area contributed by atoms with Gasteiger partial charge in [0.1, 0.15) is 6.61 Å². The van der Waals surface area contributed by atoms with Crippen molar-refractivity contribution in [1.29, 1.82) is 0 Å². The highest BCUT2D eigenvalue weighted by molar-refractivity contribution is 5.93. The normalized spacial score (nSPS) is 17.3. The van der Waals surface area contributed by atoms with E-state index in [-0.39, 0.29) is 24.3 Å². The van der Waals surface area contributed by atoms with Crippen molar-refractivity contribution in [2.24, 2.45) is 0 Å². The second-order valence-corrected chi connectivity index (χ2v) is 7.15. The lowest BCUT2D eigenvalue weighted by molar-refractivity contribution is -0.157. The zero-order valence-corrected chi connectivity index (χ0v) is 15.5. The molecule has 0 aliphatic carbocycles. The number of aliphatic hydroxyl groups excluding tert-OH is 2. The molecule has 5 rings (SSSR count). The van der Waals surface area contributed by atoms with Crippen LogP contribution in [0.2, 0.25) is 0 Å². The van der Waals surface area contributed by atoms with Gasteiger partial charge in [0, 0.05) is 23.1 Å². The molecule has 146 valence electrons. The summed E-state index contributed by atoms with van der Waals surface area (Å²) in [6.07, 6.45) is 2.91. The number of aliphatic hydroxyl groups is 2. The number of esters is 1. The lowest BCUT2D eigenvalue weighted by Crippen LogP contribution is -2.32. The van der Waals surface area contributed by atoms with E-state index in [1.807, 2.05) is 36.4 Å². The zero-order chi connectivity index (χ0) is 20.1. The summed E-state index contributed by atoms with van der Waals surface area (Å²) in [6, 6.07) is 9.40. The number of hydrogen-bond acceptors (Lipinski definition) is 6. The van der Waals surface area contributed by atoms with Gasteiger partial charge in [0.15, 0.2) is 6.10 Å². The van der Waals surface area contributed by atoms with E-state index in [1.165, 1.54) is 0 Å². The van der Waals surface area contributed by atoms with E-state index in [4.69, 9.17) is 14.8 Å². The van der Waals surface area contributed by atoms with Crippen LogP contribution in [0.4, 0.5) is 0 Å². The Labute approximate surface area is 165 Å². The minimum atomic E-state index is -1.47. The second kappa shape index (κ2) is 6.65. The van der Waals surface area contributed by atoms with E-state index in [2.05, 4.69) is 0 Å². The van der Waals surface area contributed by atoms with Crippen LogP contribution in [0, 0.1) is 0 Å². The summed E-state index contributed by atoms with van der Waals surface area (Å²) in [4.78, 5) is 29.6. The molecular weight excluding hydrogens is 372 g/mol. The molecule has 29 heavy (non-hydrogen) atoms. The van der Waals surface area contributed by atoms with Crippen molar-refractivity contribution in [2.45, 2.75) is 25.7 Å². The number of cyclic esters (lactones) is 1. The highest BCUT2D eigenvalue weighted by Crippen LogP contribution is 2.38. The molecule has 0 bridgehead atoms. The number of nitrogens with zero attached hydrogens (tertiary/aromatic N) is 2. The van der Waals surface area contributed by atoms with E-state index in [1.54, 1.807) is 10.6 Å². The van der Waals surface area contributed by atoms with Crippen molar-refractivity contribution in [3.05, 3.63) is 69.0 Å². The van der Waals surface area contributed by atoms with E-state index in [9.17, 15) is 14.7 Å². The van der Waals surface area contributed by atoms with Gasteiger partial charge in [-0.1, -0.05) is 30.4 Å². The van der Waals surface area contributed by atoms with Gasteiger partial charge in [0.05, 0.1) is 29.0 Å². The Kier molecular flexibility index (Phi) is 4.08. The zero-order valence-electron chi connectivity index (χ0n) is 15.5. The predicted octanol–water partition coefficient (Wildman–Crippen LogP) is 1.91. The maximum absolute atomic E-state index is 13.1. The van der Waals surface area contributed by atoms with Crippen molar-refractivity contribution >= 4 is 22.9 Å². The minimum Gasteiger partial charge on any atom is -0.458 e. The molecule has 4 heterocycles. The first-order valence-corrected chi connectivity index (χ1v) is 9.41. The Hall–Kier alpha value is -3.29. The largest absolute Gasteiger partial charge is 0.458 e. The molecule has 0 amide bonds. The third-order valence-corrected chi connectivity index (χ3v) is 5.49. The van der Waals surface area contributed by atoms with Crippen molar-refractivity contribution in [3.63, 3.8) is 0 Å². The lowest BCUT2D eigenvalue weighted by Gasteiger charge is -2.21. The fourth-order valence-electron chi connectivity index (χ4n) is 4.07. The quantitative estimate of drug-likeness (QED) is 0.518. The summed E-state index contributed by atoms with van der Waals surface area (Å²) in [5.74, 6) is -0.751. The van der Waals surface area contributed by atoms with Crippen LogP contribution in [0.3, 0.4) is 0 Å². The SMILES string of the molecule is O=C1OCc2c(cc3n(c2=O)Cc2c-3nc3ccccc3c2/C=C/CCO)C1O. The van der Waals surface area contributed by atoms with E-state index < -0.39 is 12.1 Å². The molecule has 7 nitrogen and oxygen atoms in total. The van der Waals surface area contributed by atoms with Gasteiger partial charge < -0.3 is 19.5 Å². The Bertz CT molecular complexity index is 1260. The van der Waals surface area contributed by atoms with Crippen LogP contribution in [0.1, 0.15) is 34.8 Å². The molecule has 1 atom stereocenters. The molecule has 0 saturated carbocycles. The van der Waals surface area contributed by atoms with Gasteiger partial charge in [-0.25, -0.2) is 9.78 Å². The Balaban J connectivity index is 1.78. The number of hydrogen-bond donors (Lipinski definition) is 2. The van der Waals surface area contributed by atoms with E-state index in [0.29, 0.717) is 29.9 Å². The number of benzene rings is 1. The van der Waals surface area contributed by atoms with Crippen LogP contribution in [0.25, 0.3) is 28.4 Å². The molecule has 3 aromatic rings. The average molecular weight is 390 g/mol. The Morgan fingerprint density at radius 1 is 1.24 bits per heavy atom. The minimum absolute atomic E-state index is 0.0556. The molecule has 2 aromatic heterocycles. The van der Waals surface area contributed by atoms with Gasteiger partial charge in [0.25, 0.3) is 5.56 Å². The van der Waals surface area contributed by atoms with Crippen molar-refractivity contribution in [2.75, 3.05) is 6.61 Å². The van der Waals surface area contributed by atoms with Gasteiger partial charge in [0.2, 0.25) is 0 Å². The predicted molar refractivity (Wildman–Crippen MR) is 106 cm³/mol. The van der Waals surface area contributed by atoms with Crippen molar-refractivity contribution in [3.8, 4) is 11.4 Å². The molecular formula is C22H18N2O5. The Morgan fingerprint density at radius 3 is 2.90 bits per heavy atom. The van der Waals surface area contributed by atoms with Gasteiger partial charge in [-0.2, -0.15) is 0 Å². The molecule has 1 aromatic carbocycles. The van der Waals surface area contributed by atoms with Crippen molar-refractivity contribution < 1.29 is 19.7 Å². The molecule has 2 aliphatic rings. The fourth-order valence-corrected chi connectivity index (χ4v) is 4.07. The first-order valence-electron chi connectivity index (χ1n) is 9.41. The molecule has 7 heteroatoms. The number of carbonyl (C=O) groups excluding carboxylic acids is 1. The monoisotopic (exact) mass is 390 g/mol. The molecule has 0 radical (unpaired) electrons. The smallest absolute Gasteiger partial charge is 0.340 e. The maximum Gasteiger partial charge on any atom is 0.340 e. The van der Waals surface area contributed by atoms with Crippen LogP contribution in [0.15, 0.2) is 41.2 Å². The Morgan fingerprint density at radius 2 is 2.07 bits per heavy atom. The summed E-state index contributed by atoms with van der Waals surface area (Å²) in [6.45, 7) is 0.261. The second-order valence-electron chi connectivity index (χ2n) is 7.15. The van der Waals surface area contributed by atoms with Crippen LogP contribution in [-0.4, -0.2) is 32.3 Å². The average Bonchev–Trinajstić information content (AvgIpc) is 3.09. The summed E-state index contributed by atoms with van der Waals surface area (Å²) in [5.41, 5.74) is 4.20. The molecule has 0 spiro atoms. The molecule has 0 fully saturated rings. The number of aromatic nitrogens is 2. The van der Waals surface area contributed by atoms with Crippen LogP contribution in [-0.2, 0) is 22.7 Å². The lowest BCUT2D eigenvalue weighted by atomic mass is 9.98. The van der Waals surface area contributed by atoms with Crippen molar-refractivity contribution in [1.82, 2.24) is 9.55 Å². The molecule has 2 aliphatic heterocycles. The number of pyridine rings is 2. The first kappa shape index (κ1) is 17.8. The standard InChI is InChI=1S/C22H18N2O5/c25-8-4-3-5-12-13-6-1-2-7-17(13)23-19-15(12)10-24-18(19)9-14-16(21(24)27)11-29-22(28)20(14)26/h1-3,5-7,9,20,25-26H,4,8,10-11H2/b5-3+. The highest BCUT2D eigenvalue weighted by Gasteiger charge is 2.34. The fraction of sp³-hybridized carbons (Fsp3) is 0.227. The third kappa shape index (κ3) is 2.62. The molecule has 0 saturated heterocycles. The summed E-state index contributed by atoms with van der Waals surface area (Å²) in [5, 5.41) is 20.3. The third-order valence-electron chi connectivity index (χ3n) is 5.49. The topological polar surface area (TPSA) is 102 Å². The van der Waals surface area contributed by atoms with E-state index >= 15 is 0 Å². The molecule has 2 N–H and O–H groups in total. The van der Waals surface area contributed by atoms with Gasteiger partial charge in [-0.05, 0) is 24.1 Å². The van der Waals surface area contributed by atoms with Crippen LogP contribution < -0.4 is 5.56 Å². The summed E-state index contributed by atoms with van der Waals surface area (Å²) < 4.78 is 6.55. The molecule has 1 unspecified atom stereocenters. The van der Waals surface area contributed by atoms with Crippen LogP contribution in [0.5, 0.6) is 0 Å². The van der Waals surface area contributed by atoms with Gasteiger partial charge in [-0.15, -0.1) is 0 Å². The first-order chi connectivity index (χ1) is 14.1. The van der Waals surface area contributed by atoms with E-state index in [0.717, 1.165) is 22.0 Å². The van der Waals surface area contributed by atoms with Gasteiger partial charge >= 0.3 is 5.97 Å². The summed E-state index contributed by atoms with van der Waals surface area (Å²) in [7, 11) is 0. The maximum atomic E-state index is 13.1. The van der Waals surface area contributed by atoms with Crippen LogP contribution >= 0.6 is 0 Å². The number of para-hydroxylation sites is 1. The number of ether oxygens (including phenoxy) is 1. The summed E-state index contributed by atoms with van der Waals surface area (Å²) >= 11 is 0. The van der Waals surface area contributed by atoms with Gasteiger partial charge in [-0.3, -0.25) is 4.79 Å². The highest BCUT2D eigenvalue weighted by atomic mass is 16.5. The number of fused-ring (bicyclic) bond motifs is 5.